The molecule has 1 aliphatic heterocycles. The first kappa shape index (κ1) is 19.4. The highest BCUT2D eigenvalue weighted by molar-refractivity contribution is 9.10. The van der Waals surface area contributed by atoms with Crippen LogP contribution in [0, 0.1) is 13.8 Å². The maximum Gasteiger partial charge on any atom is 0.253 e. The lowest BCUT2D eigenvalue weighted by molar-refractivity contribution is 0.0629. The molecule has 0 N–H and O–H groups in total. The van der Waals surface area contributed by atoms with Gasteiger partial charge >= 0.3 is 0 Å². The van der Waals surface area contributed by atoms with Crippen LogP contribution in [0.3, 0.4) is 0 Å². The molecule has 7 heteroatoms. The SMILES string of the molecule is Cc1nn(-c2ccc(C(=O)N3CCN(Cc4cccs4)CC3)cc2)c(C)c1Br. The molecule has 5 nitrogen and oxygen atoms in total. The van der Waals surface area contributed by atoms with E-state index in [-0.39, 0.29) is 5.91 Å². The van der Waals surface area contributed by atoms with Gasteiger partial charge in [-0.05, 0) is 65.5 Å². The number of carbonyl (C=O) groups is 1. The third kappa shape index (κ3) is 3.92. The smallest absolute Gasteiger partial charge is 0.253 e. The summed E-state index contributed by atoms with van der Waals surface area (Å²) in [7, 11) is 0. The van der Waals surface area contributed by atoms with Crippen molar-refractivity contribution in [3.63, 3.8) is 0 Å². The Bertz CT molecular complexity index is 957. The number of carbonyl (C=O) groups excluding carboxylic acids is 1. The molecule has 3 heterocycles. The summed E-state index contributed by atoms with van der Waals surface area (Å²) in [4.78, 5) is 18.6. The average Bonchev–Trinajstić information content (AvgIpc) is 3.32. The van der Waals surface area contributed by atoms with Crippen molar-refractivity contribution in [2.24, 2.45) is 0 Å². The first-order valence-corrected chi connectivity index (χ1v) is 11.1. The third-order valence-electron chi connectivity index (χ3n) is 5.18. The molecular formula is C21H23BrN4OS. The second-order valence-electron chi connectivity index (χ2n) is 7.09. The standard InChI is InChI=1S/C21H23BrN4OS/c1-15-20(22)16(2)26(23-15)18-7-5-17(6-8-18)21(27)25-11-9-24(10-12-25)14-19-4-3-13-28-19/h3-8,13H,9-12,14H2,1-2H3. The van der Waals surface area contributed by atoms with Crippen LogP contribution < -0.4 is 0 Å². The minimum atomic E-state index is 0.108. The van der Waals surface area contributed by atoms with Gasteiger partial charge in [-0.25, -0.2) is 4.68 Å². The van der Waals surface area contributed by atoms with Crippen molar-refractivity contribution in [1.29, 1.82) is 0 Å². The van der Waals surface area contributed by atoms with Crippen molar-refractivity contribution >= 4 is 33.2 Å². The summed E-state index contributed by atoms with van der Waals surface area (Å²) in [5.74, 6) is 0.108. The van der Waals surface area contributed by atoms with Crippen molar-refractivity contribution in [2.45, 2.75) is 20.4 Å². The summed E-state index contributed by atoms with van der Waals surface area (Å²) in [5, 5.41) is 6.67. The van der Waals surface area contributed by atoms with Crippen LogP contribution in [0.2, 0.25) is 0 Å². The summed E-state index contributed by atoms with van der Waals surface area (Å²) < 4.78 is 2.92. The van der Waals surface area contributed by atoms with E-state index in [1.807, 2.05) is 47.7 Å². The first-order chi connectivity index (χ1) is 13.5. The Hall–Kier alpha value is -1.96. The second-order valence-corrected chi connectivity index (χ2v) is 8.92. The molecule has 0 saturated carbocycles. The van der Waals surface area contributed by atoms with Gasteiger partial charge in [-0.1, -0.05) is 6.07 Å². The van der Waals surface area contributed by atoms with Crippen LogP contribution in [-0.2, 0) is 6.54 Å². The molecule has 0 unspecified atom stereocenters. The maximum atomic E-state index is 12.9. The fraction of sp³-hybridized carbons (Fsp3) is 0.333. The monoisotopic (exact) mass is 458 g/mol. The van der Waals surface area contributed by atoms with E-state index in [1.54, 1.807) is 11.3 Å². The lowest BCUT2D eigenvalue weighted by Gasteiger charge is -2.34. The molecule has 0 aliphatic carbocycles. The van der Waals surface area contributed by atoms with E-state index >= 15 is 0 Å². The Morgan fingerprint density at radius 1 is 1.11 bits per heavy atom. The highest BCUT2D eigenvalue weighted by Gasteiger charge is 2.22. The Kier molecular flexibility index (Phi) is 5.66. The quantitative estimate of drug-likeness (QED) is 0.585. The molecule has 1 amide bonds. The summed E-state index contributed by atoms with van der Waals surface area (Å²) in [6.45, 7) is 8.37. The molecular weight excluding hydrogens is 436 g/mol. The van der Waals surface area contributed by atoms with Crippen molar-refractivity contribution < 1.29 is 4.79 Å². The highest BCUT2D eigenvalue weighted by Crippen LogP contribution is 2.23. The van der Waals surface area contributed by atoms with Gasteiger partial charge in [-0.15, -0.1) is 11.3 Å². The number of rotatable bonds is 4. The molecule has 0 radical (unpaired) electrons. The largest absolute Gasteiger partial charge is 0.336 e. The highest BCUT2D eigenvalue weighted by atomic mass is 79.9. The van der Waals surface area contributed by atoms with Gasteiger partial charge in [0.15, 0.2) is 0 Å². The number of piperazine rings is 1. The van der Waals surface area contributed by atoms with Crippen molar-refractivity contribution in [1.82, 2.24) is 19.6 Å². The van der Waals surface area contributed by atoms with E-state index in [2.05, 4.69) is 43.4 Å². The zero-order chi connectivity index (χ0) is 19.7. The van der Waals surface area contributed by atoms with Gasteiger partial charge in [0.25, 0.3) is 5.91 Å². The number of aromatic nitrogens is 2. The van der Waals surface area contributed by atoms with Crippen LogP contribution in [-0.4, -0.2) is 51.7 Å². The van der Waals surface area contributed by atoms with E-state index in [0.717, 1.165) is 59.8 Å². The van der Waals surface area contributed by atoms with E-state index in [1.165, 1.54) is 4.88 Å². The van der Waals surface area contributed by atoms with Crippen LogP contribution in [0.15, 0.2) is 46.3 Å². The fourth-order valence-corrected chi connectivity index (χ4v) is 4.53. The number of thiophene rings is 1. The van der Waals surface area contributed by atoms with Crippen molar-refractivity contribution in [3.05, 3.63) is 68.1 Å². The number of benzene rings is 1. The van der Waals surface area contributed by atoms with Gasteiger partial charge in [0.05, 0.1) is 21.5 Å². The zero-order valence-electron chi connectivity index (χ0n) is 16.1. The minimum Gasteiger partial charge on any atom is -0.336 e. The van der Waals surface area contributed by atoms with Crippen molar-refractivity contribution in [2.75, 3.05) is 26.2 Å². The van der Waals surface area contributed by atoms with Gasteiger partial charge in [-0.2, -0.15) is 5.10 Å². The lowest BCUT2D eigenvalue weighted by Crippen LogP contribution is -2.48. The third-order valence-corrected chi connectivity index (χ3v) is 7.19. The molecule has 146 valence electrons. The number of halogens is 1. The van der Waals surface area contributed by atoms with Crippen LogP contribution in [0.1, 0.15) is 26.6 Å². The van der Waals surface area contributed by atoms with Gasteiger partial charge < -0.3 is 4.90 Å². The molecule has 0 bridgehead atoms. The minimum absolute atomic E-state index is 0.108. The Labute approximate surface area is 177 Å². The molecule has 0 spiro atoms. The Morgan fingerprint density at radius 2 is 1.82 bits per heavy atom. The molecule has 3 aromatic rings. The number of hydrogen-bond acceptors (Lipinski definition) is 4. The van der Waals surface area contributed by atoms with Crippen LogP contribution in [0.25, 0.3) is 5.69 Å². The molecule has 28 heavy (non-hydrogen) atoms. The van der Waals surface area contributed by atoms with Gasteiger partial charge in [0.1, 0.15) is 0 Å². The Balaban J connectivity index is 1.39. The van der Waals surface area contributed by atoms with Crippen LogP contribution >= 0.6 is 27.3 Å². The number of aryl methyl sites for hydroxylation is 1. The molecule has 2 aromatic heterocycles. The molecule has 1 aliphatic rings. The predicted molar refractivity (Wildman–Crippen MR) is 116 cm³/mol. The maximum absolute atomic E-state index is 12.9. The van der Waals surface area contributed by atoms with Gasteiger partial charge in [0.2, 0.25) is 0 Å². The summed E-state index contributed by atoms with van der Waals surface area (Å²) in [5.41, 5.74) is 3.70. The van der Waals surface area contributed by atoms with Crippen LogP contribution in [0.4, 0.5) is 0 Å². The number of hydrogen-bond donors (Lipinski definition) is 0. The summed E-state index contributed by atoms with van der Waals surface area (Å²) in [6.07, 6.45) is 0. The number of nitrogens with zero attached hydrogens (tertiary/aromatic N) is 4. The summed E-state index contributed by atoms with van der Waals surface area (Å²) >= 11 is 5.35. The number of amides is 1. The average molecular weight is 459 g/mol. The summed E-state index contributed by atoms with van der Waals surface area (Å²) in [6, 6.07) is 12.0. The topological polar surface area (TPSA) is 41.4 Å². The molecule has 4 rings (SSSR count). The molecule has 0 atom stereocenters. The van der Waals surface area contributed by atoms with E-state index in [4.69, 9.17) is 0 Å². The van der Waals surface area contributed by atoms with Gasteiger partial charge in [-0.3, -0.25) is 9.69 Å². The first-order valence-electron chi connectivity index (χ1n) is 9.39. The predicted octanol–water partition coefficient (Wildman–Crippen LogP) is 4.27. The van der Waals surface area contributed by atoms with Gasteiger partial charge in [0, 0.05) is 43.2 Å². The normalized spacial score (nSPS) is 15.2. The van der Waals surface area contributed by atoms with E-state index in [0.29, 0.717) is 0 Å². The fourth-order valence-electron chi connectivity index (χ4n) is 3.53. The molecule has 1 saturated heterocycles. The molecule has 1 fully saturated rings. The van der Waals surface area contributed by atoms with E-state index < -0.39 is 0 Å². The lowest BCUT2D eigenvalue weighted by atomic mass is 10.1. The van der Waals surface area contributed by atoms with Crippen LogP contribution in [0.5, 0.6) is 0 Å². The molecule has 1 aromatic carbocycles. The van der Waals surface area contributed by atoms with Crippen molar-refractivity contribution in [3.8, 4) is 5.69 Å². The van der Waals surface area contributed by atoms with E-state index in [9.17, 15) is 4.79 Å². The Morgan fingerprint density at radius 3 is 2.39 bits per heavy atom. The second kappa shape index (κ2) is 8.19. The zero-order valence-corrected chi connectivity index (χ0v) is 18.5.